The summed E-state index contributed by atoms with van der Waals surface area (Å²) in [4.78, 5) is 11.0. The molecule has 1 aromatic rings. The maximum Gasteiger partial charge on any atom is 0.238 e. The van der Waals surface area contributed by atoms with E-state index >= 15 is 0 Å². The van der Waals surface area contributed by atoms with Gasteiger partial charge in [-0.2, -0.15) is 0 Å². The minimum atomic E-state index is -1.00. The van der Waals surface area contributed by atoms with Gasteiger partial charge >= 0.3 is 0 Å². The van der Waals surface area contributed by atoms with Gasteiger partial charge in [-0.3, -0.25) is 4.79 Å². The number of carbonyl (C=O) groups excluding carboxylic acids is 1. The monoisotopic (exact) mass is 264 g/mol. The van der Waals surface area contributed by atoms with Crippen LogP contribution in [-0.4, -0.2) is 33.7 Å². The summed E-state index contributed by atoms with van der Waals surface area (Å²) >= 11 is 4.42. The predicted molar refractivity (Wildman–Crippen MR) is 64.2 cm³/mol. The molecule has 84 valence electrons. The van der Waals surface area contributed by atoms with E-state index < -0.39 is 11.4 Å². The highest BCUT2D eigenvalue weighted by atomic mass is 32.2. The van der Waals surface area contributed by atoms with Crippen molar-refractivity contribution in [3.05, 3.63) is 0 Å². The maximum absolute atomic E-state index is 11.0. The Kier molecular flexibility index (Phi) is 4.38. The minimum absolute atomic E-state index is 0.408. The van der Waals surface area contributed by atoms with Crippen LogP contribution in [0.3, 0.4) is 0 Å². The van der Waals surface area contributed by atoms with Crippen LogP contribution in [0, 0.1) is 0 Å². The maximum atomic E-state index is 11.0. The number of rotatable bonds is 5. The van der Waals surface area contributed by atoms with Crippen LogP contribution in [0.25, 0.3) is 0 Å². The number of primary amides is 1. The largest absolute Gasteiger partial charge is 0.368 e. The molecule has 1 amide bonds. The minimum Gasteiger partial charge on any atom is -0.368 e. The van der Waals surface area contributed by atoms with Crippen molar-refractivity contribution < 1.29 is 4.79 Å². The van der Waals surface area contributed by atoms with E-state index in [9.17, 15) is 4.79 Å². The topological polar surface area (TPSA) is 94.9 Å². The molecule has 0 bridgehead atoms. The lowest BCUT2D eigenvalue weighted by Crippen LogP contribution is -2.51. The Morgan fingerprint density at radius 1 is 1.53 bits per heavy atom. The van der Waals surface area contributed by atoms with Gasteiger partial charge in [0.15, 0.2) is 8.68 Å². The van der Waals surface area contributed by atoms with Gasteiger partial charge in [0.05, 0.1) is 0 Å². The van der Waals surface area contributed by atoms with Crippen LogP contribution in [0.4, 0.5) is 0 Å². The fourth-order valence-electron chi connectivity index (χ4n) is 0.621. The SMILES string of the molecule is CSc1nnc(SCC(C)(N)C(N)=O)s1. The Bertz CT molecular complexity index is 352. The van der Waals surface area contributed by atoms with Crippen molar-refractivity contribution in [2.75, 3.05) is 12.0 Å². The van der Waals surface area contributed by atoms with Gasteiger partial charge in [-0.25, -0.2) is 0 Å². The van der Waals surface area contributed by atoms with Crippen molar-refractivity contribution in [1.82, 2.24) is 10.2 Å². The number of nitrogens with zero attached hydrogens (tertiary/aromatic N) is 2. The van der Waals surface area contributed by atoms with Crippen molar-refractivity contribution in [3.63, 3.8) is 0 Å². The van der Waals surface area contributed by atoms with Crippen molar-refractivity contribution in [2.45, 2.75) is 21.1 Å². The zero-order chi connectivity index (χ0) is 11.5. The van der Waals surface area contributed by atoms with Crippen LogP contribution in [0.5, 0.6) is 0 Å². The normalized spacial score (nSPS) is 14.9. The highest BCUT2D eigenvalue weighted by molar-refractivity contribution is 8.03. The third-order valence-corrected chi connectivity index (χ3v) is 4.99. The molecule has 0 aliphatic rings. The third kappa shape index (κ3) is 3.63. The fourth-order valence-corrected chi connectivity index (χ4v) is 3.10. The van der Waals surface area contributed by atoms with E-state index in [0.717, 1.165) is 8.68 Å². The molecule has 1 unspecified atom stereocenters. The molecule has 1 atom stereocenters. The van der Waals surface area contributed by atoms with Gasteiger partial charge in [-0.1, -0.05) is 34.9 Å². The third-order valence-electron chi connectivity index (χ3n) is 1.62. The summed E-state index contributed by atoms with van der Waals surface area (Å²) in [5, 5.41) is 7.89. The Labute approximate surface area is 100 Å². The molecule has 0 spiro atoms. The average Bonchev–Trinajstić information content (AvgIpc) is 2.62. The van der Waals surface area contributed by atoms with Crippen LogP contribution >= 0.6 is 34.9 Å². The lowest BCUT2D eigenvalue weighted by Gasteiger charge is -2.18. The molecular formula is C7H12N4OS3. The first-order valence-electron chi connectivity index (χ1n) is 4.05. The molecule has 4 N–H and O–H groups in total. The van der Waals surface area contributed by atoms with E-state index in [1.807, 2.05) is 6.26 Å². The van der Waals surface area contributed by atoms with E-state index in [2.05, 4.69) is 10.2 Å². The van der Waals surface area contributed by atoms with Crippen LogP contribution in [0.2, 0.25) is 0 Å². The van der Waals surface area contributed by atoms with E-state index in [-0.39, 0.29) is 0 Å². The summed E-state index contributed by atoms with van der Waals surface area (Å²) in [5.41, 5.74) is 9.85. The van der Waals surface area contributed by atoms with E-state index in [0.29, 0.717) is 5.75 Å². The Balaban J connectivity index is 2.53. The smallest absolute Gasteiger partial charge is 0.238 e. The number of thioether (sulfide) groups is 2. The van der Waals surface area contributed by atoms with Gasteiger partial charge in [0.1, 0.15) is 5.54 Å². The summed E-state index contributed by atoms with van der Waals surface area (Å²) in [6.45, 7) is 1.61. The molecule has 0 saturated heterocycles. The molecule has 0 radical (unpaired) electrons. The summed E-state index contributed by atoms with van der Waals surface area (Å²) in [7, 11) is 0. The van der Waals surface area contributed by atoms with Crippen LogP contribution in [-0.2, 0) is 4.79 Å². The second kappa shape index (κ2) is 5.15. The second-order valence-electron chi connectivity index (χ2n) is 3.11. The molecule has 0 fully saturated rings. The Morgan fingerprint density at radius 2 is 2.13 bits per heavy atom. The van der Waals surface area contributed by atoms with Crippen molar-refractivity contribution in [2.24, 2.45) is 11.5 Å². The number of hydrogen-bond acceptors (Lipinski definition) is 7. The van der Waals surface area contributed by atoms with Crippen molar-refractivity contribution >= 4 is 40.8 Å². The number of amides is 1. The molecule has 5 nitrogen and oxygen atoms in total. The number of carbonyl (C=O) groups is 1. The summed E-state index contributed by atoms with van der Waals surface area (Å²) in [6, 6.07) is 0. The second-order valence-corrected chi connectivity index (χ2v) is 6.36. The first kappa shape index (κ1) is 12.8. The Hall–Kier alpha value is -0.310. The van der Waals surface area contributed by atoms with Gasteiger partial charge in [-0.15, -0.1) is 10.2 Å². The number of nitrogens with two attached hydrogens (primary N) is 2. The van der Waals surface area contributed by atoms with Crippen molar-refractivity contribution in [1.29, 1.82) is 0 Å². The van der Waals surface area contributed by atoms with E-state index in [4.69, 9.17) is 11.5 Å². The summed E-state index contributed by atoms with van der Waals surface area (Å²) in [6.07, 6.45) is 1.94. The van der Waals surface area contributed by atoms with Gasteiger partial charge in [0.25, 0.3) is 0 Å². The van der Waals surface area contributed by atoms with E-state index in [1.54, 1.807) is 6.92 Å². The molecule has 15 heavy (non-hydrogen) atoms. The highest BCUT2D eigenvalue weighted by Crippen LogP contribution is 2.28. The lowest BCUT2D eigenvalue weighted by molar-refractivity contribution is -0.121. The molecule has 0 saturated carbocycles. The van der Waals surface area contributed by atoms with E-state index in [1.165, 1.54) is 34.9 Å². The van der Waals surface area contributed by atoms with Gasteiger partial charge < -0.3 is 11.5 Å². The highest BCUT2D eigenvalue weighted by Gasteiger charge is 2.26. The first-order chi connectivity index (χ1) is 6.95. The molecule has 0 aliphatic carbocycles. The van der Waals surface area contributed by atoms with Crippen LogP contribution < -0.4 is 11.5 Å². The molecule has 1 rings (SSSR count). The first-order valence-corrected chi connectivity index (χ1v) is 7.07. The zero-order valence-corrected chi connectivity index (χ0v) is 10.8. The molecule has 0 aliphatic heterocycles. The summed E-state index contributed by atoms with van der Waals surface area (Å²) < 4.78 is 1.70. The zero-order valence-electron chi connectivity index (χ0n) is 8.39. The predicted octanol–water partition coefficient (Wildman–Crippen LogP) is 0.555. The fraction of sp³-hybridized carbons (Fsp3) is 0.571. The lowest BCUT2D eigenvalue weighted by atomic mass is 10.1. The van der Waals surface area contributed by atoms with Crippen LogP contribution in [0.1, 0.15) is 6.92 Å². The Morgan fingerprint density at radius 3 is 2.60 bits per heavy atom. The molecule has 1 heterocycles. The standard InChI is InChI=1S/C7H12N4OS3/c1-7(9,4(8)12)3-14-6-11-10-5(13-2)15-6/h3,9H2,1-2H3,(H2,8,12). The molecule has 8 heteroatoms. The summed E-state index contributed by atoms with van der Waals surface area (Å²) in [5.74, 6) is -0.102. The van der Waals surface area contributed by atoms with Gasteiger partial charge in [0, 0.05) is 5.75 Å². The number of hydrogen-bond donors (Lipinski definition) is 2. The molecule has 1 aromatic heterocycles. The van der Waals surface area contributed by atoms with Gasteiger partial charge in [-0.05, 0) is 13.2 Å². The van der Waals surface area contributed by atoms with Crippen LogP contribution in [0.15, 0.2) is 8.68 Å². The quantitative estimate of drug-likeness (QED) is 0.754. The van der Waals surface area contributed by atoms with Crippen molar-refractivity contribution in [3.8, 4) is 0 Å². The average molecular weight is 264 g/mol. The number of aromatic nitrogens is 2. The van der Waals surface area contributed by atoms with Gasteiger partial charge in [0.2, 0.25) is 5.91 Å². The molecule has 0 aromatic carbocycles. The molecular weight excluding hydrogens is 252 g/mol.